The van der Waals surface area contributed by atoms with E-state index in [0.29, 0.717) is 11.6 Å². The van der Waals surface area contributed by atoms with Crippen molar-refractivity contribution >= 4 is 17.5 Å². The minimum absolute atomic E-state index is 0.160. The summed E-state index contributed by atoms with van der Waals surface area (Å²) < 4.78 is 0. The molecule has 0 saturated heterocycles. The normalized spacial score (nSPS) is 11.8. The summed E-state index contributed by atoms with van der Waals surface area (Å²) in [4.78, 5) is 19.9. The number of anilines is 2. The summed E-state index contributed by atoms with van der Waals surface area (Å²) in [5, 5.41) is 2.66. The molecule has 0 bridgehead atoms. The SMILES string of the molecule is CC(C(=O)Nc1ncccn1)c1cccc(N)c1. The van der Waals surface area contributed by atoms with Crippen LogP contribution in [-0.2, 0) is 4.79 Å². The first-order chi connectivity index (χ1) is 8.66. The average molecular weight is 242 g/mol. The van der Waals surface area contributed by atoms with E-state index in [2.05, 4.69) is 15.3 Å². The van der Waals surface area contributed by atoms with E-state index < -0.39 is 0 Å². The molecule has 5 heteroatoms. The van der Waals surface area contributed by atoms with Crippen LogP contribution in [0.4, 0.5) is 11.6 Å². The van der Waals surface area contributed by atoms with Crippen molar-refractivity contribution in [3.8, 4) is 0 Å². The Morgan fingerprint density at radius 1 is 1.28 bits per heavy atom. The number of benzene rings is 1. The van der Waals surface area contributed by atoms with Crippen molar-refractivity contribution in [1.82, 2.24) is 9.97 Å². The summed E-state index contributed by atoms with van der Waals surface area (Å²) in [5.74, 6) is -0.164. The highest BCUT2D eigenvalue weighted by molar-refractivity contribution is 5.94. The molecule has 0 spiro atoms. The molecule has 5 nitrogen and oxygen atoms in total. The summed E-state index contributed by atoms with van der Waals surface area (Å²) in [6.45, 7) is 1.81. The third kappa shape index (κ3) is 2.82. The maximum absolute atomic E-state index is 12.0. The van der Waals surface area contributed by atoms with E-state index in [-0.39, 0.29) is 11.8 Å². The second kappa shape index (κ2) is 5.27. The number of amides is 1. The second-order valence-electron chi connectivity index (χ2n) is 3.95. The van der Waals surface area contributed by atoms with E-state index in [4.69, 9.17) is 5.73 Å². The standard InChI is InChI=1S/C13H14N4O/c1-9(10-4-2-5-11(14)8-10)12(18)17-13-15-6-3-7-16-13/h2-9H,14H2,1H3,(H,15,16,17,18). The number of carbonyl (C=O) groups excluding carboxylic acids is 1. The highest BCUT2D eigenvalue weighted by Crippen LogP contribution is 2.18. The van der Waals surface area contributed by atoms with Crippen molar-refractivity contribution in [2.24, 2.45) is 0 Å². The van der Waals surface area contributed by atoms with E-state index in [0.717, 1.165) is 5.56 Å². The number of rotatable bonds is 3. The van der Waals surface area contributed by atoms with Gasteiger partial charge in [-0.2, -0.15) is 0 Å². The fraction of sp³-hybridized carbons (Fsp3) is 0.154. The molecule has 1 unspecified atom stereocenters. The molecular formula is C13H14N4O. The van der Waals surface area contributed by atoms with Gasteiger partial charge in [-0.25, -0.2) is 9.97 Å². The first-order valence-corrected chi connectivity index (χ1v) is 5.60. The lowest BCUT2D eigenvalue weighted by Gasteiger charge is -2.11. The predicted octanol–water partition coefficient (Wildman–Crippen LogP) is 1.80. The third-order valence-electron chi connectivity index (χ3n) is 2.60. The van der Waals surface area contributed by atoms with Crippen molar-refractivity contribution in [3.05, 3.63) is 48.3 Å². The molecule has 1 aromatic heterocycles. The zero-order valence-corrected chi connectivity index (χ0v) is 10.00. The summed E-state index contributed by atoms with van der Waals surface area (Å²) in [6.07, 6.45) is 3.15. The van der Waals surface area contributed by atoms with Gasteiger partial charge < -0.3 is 5.73 Å². The van der Waals surface area contributed by atoms with E-state index >= 15 is 0 Å². The van der Waals surface area contributed by atoms with E-state index in [1.807, 2.05) is 19.1 Å². The Bertz CT molecular complexity index is 542. The van der Waals surface area contributed by atoms with Gasteiger partial charge in [0.2, 0.25) is 11.9 Å². The van der Waals surface area contributed by atoms with Crippen LogP contribution in [0.1, 0.15) is 18.4 Å². The Morgan fingerprint density at radius 2 is 2.00 bits per heavy atom. The first kappa shape index (κ1) is 12.0. The van der Waals surface area contributed by atoms with Crippen LogP contribution < -0.4 is 11.1 Å². The molecule has 0 radical (unpaired) electrons. The summed E-state index contributed by atoms with van der Waals surface area (Å²) in [5.41, 5.74) is 7.20. The molecule has 1 atom stereocenters. The van der Waals surface area contributed by atoms with Crippen LogP contribution in [0.15, 0.2) is 42.7 Å². The van der Waals surface area contributed by atoms with Crippen LogP contribution in [0.5, 0.6) is 0 Å². The van der Waals surface area contributed by atoms with Gasteiger partial charge in [-0.05, 0) is 30.7 Å². The van der Waals surface area contributed by atoms with Crippen molar-refractivity contribution in [2.75, 3.05) is 11.1 Å². The van der Waals surface area contributed by atoms with Crippen molar-refractivity contribution in [2.45, 2.75) is 12.8 Å². The van der Waals surface area contributed by atoms with Gasteiger partial charge in [0, 0.05) is 18.1 Å². The van der Waals surface area contributed by atoms with Crippen molar-refractivity contribution in [1.29, 1.82) is 0 Å². The monoisotopic (exact) mass is 242 g/mol. The topological polar surface area (TPSA) is 80.9 Å². The summed E-state index contributed by atoms with van der Waals surface area (Å²) in [6, 6.07) is 8.96. The molecule has 3 N–H and O–H groups in total. The molecule has 2 aromatic rings. The number of nitrogens with two attached hydrogens (primary N) is 1. The number of nitrogens with one attached hydrogen (secondary N) is 1. The molecule has 2 rings (SSSR count). The Hall–Kier alpha value is -2.43. The van der Waals surface area contributed by atoms with Gasteiger partial charge in [-0.15, -0.1) is 0 Å². The molecule has 0 fully saturated rings. The Kier molecular flexibility index (Phi) is 3.52. The number of nitrogen functional groups attached to an aromatic ring is 1. The summed E-state index contributed by atoms with van der Waals surface area (Å²) >= 11 is 0. The number of nitrogens with zero attached hydrogens (tertiary/aromatic N) is 2. The molecular weight excluding hydrogens is 228 g/mol. The third-order valence-corrected chi connectivity index (χ3v) is 2.60. The van der Waals surface area contributed by atoms with E-state index in [1.54, 1.807) is 30.6 Å². The zero-order chi connectivity index (χ0) is 13.0. The van der Waals surface area contributed by atoms with E-state index in [1.165, 1.54) is 0 Å². The van der Waals surface area contributed by atoms with Crippen LogP contribution in [0, 0.1) is 0 Å². The minimum Gasteiger partial charge on any atom is -0.399 e. The lowest BCUT2D eigenvalue weighted by Crippen LogP contribution is -2.20. The Morgan fingerprint density at radius 3 is 2.67 bits per heavy atom. The predicted molar refractivity (Wildman–Crippen MR) is 69.9 cm³/mol. The molecule has 92 valence electrons. The van der Waals surface area contributed by atoms with Crippen molar-refractivity contribution < 1.29 is 4.79 Å². The highest BCUT2D eigenvalue weighted by Gasteiger charge is 2.16. The fourth-order valence-electron chi connectivity index (χ4n) is 1.56. The fourth-order valence-corrected chi connectivity index (χ4v) is 1.56. The van der Waals surface area contributed by atoms with Gasteiger partial charge in [0.1, 0.15) is 0 Å². The zero-order valence-electron chi connectivity index (χ0n) is 10.00. The first-order valence-electron chi connectivity index (χ1n) is 5.60. The van der Waals surface area contributed by atoms with E-state index in [9.17, 15) is 4.79 Å². The van der Waals surface area contributed by atoms with Crippen LogP contribution >= 0.6 is 0 Å². The quantitative estimate of drug-likeness (QED) is 0.804. The molecule has 1 aromatic carbocycles. The lowest BCUT2D eigenvalue weighted by atomic mass is 10.00. The Balaban J connectivity index is 2.10. The van der Waals surface area contributed by atoms with Gasteiger partial charge in [-0.3, -0.25) is 10.1 Å². The number of hydrogen-bond donors (Lipinski definition) is 2. The average Bonchev–Trinajstić information content (AvgIpc) is 2.39. The van der Waals surface area contributed by atoms with Crippen molar-refractivity contribution in [3.63, 3.8) is 0 Å². The van der Waals surface area contributed by atoms with Gasteiger partial charge in [-0.1, -0.05) is 12.1 Å². The molecule has 1 heterocycles. The van der Waals surface area contributed by atoms with Crippen LogP contribution in [0.3, 0.4) is 0 Å². The maximum Gasteiger partial charge on any atom is 0.233 e. The van der Waals surface area contributed by atoms with Gasteiger partial charge in [0.25, 0.3) is 0 Å². The van der Waals surface area contributed by atoms with Gasteiger partial charge >= 0.3 is 0 Å². The van der Waals surface area contributed by atoms with Crippen LogP contribution in [0.2, 0.25) is 0 Å². The minimum atomic E-state index is -0.308. The number of hydrogen-bond acceptors (Lipinski definition) is 4. The van der Waals surface area contributed by atoms with Gasteiger partial charge in [0.05, 0.1) is 5.92 Å². The van der Waals surface area contributed by atoms with Crippen LogP contribution in [0.25, 0.3) is 0 Å². The highest BCUT2D eigenvalue weighted by atomic mass is 16.2. The molecule has 1 amide bonds. The molecule has 0 saturated carbocycles. The maximum atomic E-state index is 12.0. The molecule has 0 aliphatic carbocycles. The number of aromatic nitrogens is 2. The molecule has 0 aliphatic heterocycles. The molecule has 18 heavy (non-hydrogen) atoms. The largest absolute Gasteiger partial charge is 0.399 e. The second-order valence-corrected chi connectivity index (χ2v) is 3.95. The van der Waals surface area contributed by atoms with Crippen LogP contribution in [-0.4, -0.2) is 15.9 Å². The summed E-state index contributed by atoms with van der Waals surface area (Å²) in [7, 11) is 0. The molecule has 0 aliphatic rings. The number of carbonyl (C=O) groups is 1. The smallest absolute Gasteiger partial charge is 0.233 e. The van der Waals surface area contributed by atoms with Gasteiger partial charge in [0.15, 0.2) is 0 Å². The Labute approximate surface area is 105 Å². The lowest BCUT2D eigenvalue weighted by molar-refractivity contribution is -0.117.